The van der Waals surface area contributed by atoms with Gasteiger partial charge in [0.2, 0.25) is 0 Å². The van der Waals surface area contributed by atoms with Gasteiger partial charge in [0.05, 0.1) is 0 Å². The Morgan fingerprint density at radius 2 is 1.95 bits per heavy atom. The molecule has 0 bridgehead atoms. The summed E-state index contributed by atoms with van der Waals surface area (Å²) in [6, 6.07) is 8.80. The van der Waals surface area contributed by atoms with Crippen LogP contribution in [0.2, 0.25) is 0 Å². The molecule has 1 aliphatic carbocycles. The van der Waals surface area contributed by atoms with Crippen molar-refractivity contribution < 1.29 is 0 Å². The van der Waals surface area contributed by atoms with Gasteiger partial charge in [-0.3, -0.25) is 4.90 Å². The summed E-state index contributed by atoms with van der Waals surface area (Å²) in [5.41, 5.74) is 8.10. The third-order valence-electron chi connectivity index (χ3n) is 4.56. The fraction of sp³-hybridized carbons (Fsp3) is 0.625. The first kappa shape index (κ1) is 12.9. The maximum Gasteiger partial charge on any atom is 0.0321 e. The Morgan fingerprint density at radius 1 is 1.21 bits per heavy atom. The molecule has 0 aromatic heterocycles. The van der Waals surface area contributed by atoms with E-state index in [-0.39, 0.29) is 0 Å². The van der Waals surface area contributed by atoms with Crippen LogP contribution in [0.25, 0.3) is 0 Å². The molecule has 2 N–H and O–H groups in total. The molecule has 1 aromatic carbocycles. The number of hydrogen-bond acceptors (Lipinski definition) is 3. The van der Waals surface area contributed by atoms with Crippen LogP contribution in [0.5, 0.6) is 0 Å². The maximum absolute atomic E-state index is 5.88. The van der Waals surface area contributed by atoms with Crippen molar-refractivity contribution in [3.05, 3.63) is 29.8 Å². The second-order valence-electron chi connectivity index (χ2n) is 6.13. The van der Waals surface area contributed by atoms with Gasteiger partial charge in [-0.05, 0) is 43.4 Å². The molecule has 1 saturated heterocycles. The Kier molecular flexibility index (Phi) is 3.76. The Balaban J connectivity index is 1.55. The highest BCUT2D eigenvalue weighted by atomic mass is 15.3. The molecule has 2 aliphatic rings. The van der Waals surface area contributed by atoms with Gasteiger partial charge >= 0.3 is 0 Å². The second-order valence-corrected chi connectivity index (χ2v) is 6.13. The van der Waals surface area contributed by atoms with Crippen molar-refractivity contribution in [1.29, 1.82) is 0 Å². The Labute approximate surface area is 116 Å². The SMILES string of the molecule is CC(c1cccc(N)c1)N1CCN(CC2CC2)CC1. The first-order valence-electron chi connectivity index (χ1n) is 7.54. The minimum Gasteiger partial charge on any atom is -0.399 e. The molecule has 1 aromatic rings. The summed E-state index contributed by atoms with van der Waals surface area (Å²) in [5.74, 6) is 1.01. The topological polar surface area (TPSA) is 32.5 Å². The summed E-state index contributed by atoms with van der Waals surface area (Å²) in [5, 5.41) is 0. The van der Waals surface area contributed by atoms with Gasteiger partial charge < -0.3 is 10.6 Å². The predicted molar refractivity (Wildman–Crippen MR) is 80.0 cm³/mol. The standard InChI is InChI=1S/C16H25N3/c1-13(15-3-2-4-16(17)11-15)19-9-7-18(8-10-19)12-14-5-6-14/h2-4,11,13-14H,5-10,12,17H2,1H3. The van der Waals surface area contributed by atoms with Crippen LogP contribution in [-0.2, 0) is 0 Å². The zero-order valence-corrected chi connectivity index (χ0v) is 11.9. The second kappa shape index (κ2) is 5.51. The minimum absolute atomic E-state index is 0.478. The van der Waals surface area contributed by atoms with Crippen molar-refractivity contribution in [2.24, 2.45) is 5.92 Å². The summed E-state index contributed by atoms with van der Waals surface area (Å²) in [7, 11) is 0. The third kappa shape index (κ3) is 3.28. The van der Waals surface area contributed by atoms with Crippen LogP contribution in [0.15, 0.2) is 24.3 Å². The van der Waals surface area contributed by atoms with Crippen LogP contribution in [0.3, 0.4) is 0 Å². The van der Waals surface area contributed by atoms with E-state index in [4.69, 9.17) is 5.73 Å². The average molecular weight is 259 g/mol. The van der Waals surface area contributed by atoms with Crippen molar-refractivity contribution in [3.63, 3.8) is 0 Å². The number of nitrogens with two attached hydrogens (primary N) is 1. The molecule has 19 heavy (non-hydrogen) atoms. The molecule has 0 radical (unpaired) electrons. The van der Waals surface area contributed by atoms with Crippen molar-refractivity contribution in [3.8, 4) is 0 Å². The summed E-state index contributed by atoms with van der Waals surface area (Å²) in [6.45, 7) is 8.45. The lowest BCUT2D eigenvalue weighted by Crippen LogP contribution is -2.47. The molecule has 1 aliphatic heterocycles. The number of piperazine rings is 1. The molecule has 3 nitrogen and oxygen atoms in total. The van der Waals surface area contributed by atoms with E-state index >= 15 is 0 Å². The van der Waals surface area contributed by atoms with Crippen LogP contribution in [0.4, 0.5) is 5.69 Å². The third-order valence-corrected chi connectivity index (χ3v) is 4.56. The molecule has 3 heteroatoms. The summed E-state index contributed by atoms with van der Waals surface area (Å²) >= 11 is 0. The van der Waals surface area contributed by atoms with E-state index < -0.39 is 0 Å². The van der Waals surface area contributed by atoms with Gasteiger partial charge in [-0.25, -0.2) is 0 Å². The lowest BCUT2D eigenvalue weighted by atomic mass is 10.1. The number of hydrogen-bond donors (Lipinski definition) is 1. The van der Waals surface area contributed by atoms with Crippen LogP contribution in [0, 0.1) is 5.92 Å². The van der Waals surface area contributed by atoms with Crippen molar-refractivity contribution in [1.82, 2.24) is 9.80 Å². The molecular formula is C16H25N3. The van der Waals surface area contributed by atoms with E-state index in [1.807, 2.05) is 6.07 Å². The molecule has 0 amide bonds. The van der Waals surface area contributed by atoms with E-state index in [2.05, 4.69) is 34.9 Å². The molecule has 1 atom stereocenters. The van der Waals surface area contributed by atoms with E-state index in [9.17, 15) is 0 Å². The van der Waals surface area contributed by atoms with E-state index in [0.717, 1.165) is 11.6 Å². The number of nitrogen functional groups attached to an aromatic ring is 1. The number of benzene rings is 1. The van der Waals surface area contributed by atoms with Gasteiger partial charge in [0.25, 0.3) is 0 Å². The Bertz CT molecular complexity index is 420. The Hall–Kier alpha value is -1.06. The van der Waals surface area contributed by atoms with Crippen molar-refractivity contribution >= 4 is 5.69 Å². The zero-order chi connectivity index (χ0) is 13.2. The lowest BCUT2D eigenvalue weighted by Gasteiger charge is -2.38. The maximum atomic E-state index is 5.88. The highest BCUT2D eigenvalue weighted by Gasteiger charge is 2.27. The summed E-state index contributed by atoms with van der Waals surface area (Å²) in [4.78, 5) is 5.22. The molecule has 3 rings (SSSR count). The monoisotopic (exact) mass is 259 g/mol. The van der Waals surface area contributed by atoms with Gasteiger partial charge in [0, 0.05) is 44.5 Å². The first-order valence-corrected chi connectivity index (χ1v) is 7.54. The fourth-order valence-electron chi connectivity index (χ4n) is 3.03. The zero-order valence-electron chi connectivity index (χ0n) is 11.9. The molecule has 2 fully saturated rings. The largest absolute Gasteiger partial charge is 0.399 e. The van der Waals surface area contributed by atoms with Gasteiger partial charge in [-0.2, -0.15) is 0 Å². The number of nitrogens with zero attached hydrogens (tertiary/aromatic N) is 2. The van der Waals surface area contributed by atoms with Crippen LogP contribution in [-0.4, -0.2) is 42.5 Å². The average Bonchev–Trinajstić information content (AvgIpc) is 3.23. The quantitative estimate of drug-likeness (QED) is 0.843. The molecule has 0 spiro atoms. The van der Waals surface area contributed by atoms with Gasteiger partial charge in [0.15, 0.2) is 0 Å². The molecule has 104 valence electrons. The van der Waals surface area contributed by atoms with Gasteiger partial charge in [-0.1, -0.05) is 12.1 Å². The lowest BCUT2D eigenvalue weighted by molar-refractivity contribution is 0.0993. The van der Waals surface area contributed by atoms with Crippen LogP contribution in [0.1, 0.15) is 31.4 Å². The van der Waals surface area contributed by atoms with Gasteiger partial charge in [-0.15, -0.1) is 0 Å². The molecule has 1 heterocycles. The number of rotatable bonds is 4. The molecule has 1 saturated carbocycles. The highest BCUT2D eigenvalue weighted by Crippen LogP contribution is 2.30. The smallest absolute Gasteiger partial charge is 0.0321 e. The van der Waals surface area contributed by atoms with Crippen molar-refractivity contribution in [2.45, 2.75) is 25.8 Å². The minimum atomic E-state index is 0.478. The van der Waals surface area contributed by atoms with Crippen LogP contribution < -0.4 is 5.73 Å². The normalized spacial score (nSPS) is 23.4. The van der Waals surface area contributed by atoms with E-state index in [1.165, 1.54) is 51.1 Å². The summed E-state index contributed by atoms with van der Waals surface area (Å²) < 4.78 is 0. The van der Waals surface area contributed by atoms with Crippen molar-refractivity contribution in [2.75, 3.05) is 38.5 Å². The van der Waals surface area contributed by atoms with E-state index in [1.54, 1.807) is 0 Å². The number of anilines is 1. The predicted octanol–water partition coefficient (Wildman–Crippen LogP) is 2.36. The molecular weight excluding hydrogens is 234 g/mol. The van der Waals surface area contributed by atoms with Gasteiger partial charge in [0.1, 0.15) is 0 Å². The fourth-order valence-corrected chi connectivity index (χ4v) is 3.03. The highest BCUT2D eigenvalue weighted by molar-refractivity contribution is 5.41. The van der Waals surface area contributed by atoms with Crippen LogP contribution >= 0.6 is 0 Å². The molecule has 1 unspecified atom stereocenters. The first-order chi connectivity index (χ1) is 9.22. The van der Waals surface area contributed by atoms with E-state index in [0.29, 0.717) is 6.04 Å². The Morgan fingerprint density at radius 3 is 2.58 bits per heavy atom. The summed E-state index contributed by atoms with van der Waals surface area (Å²) in [6.07, 6.45) is 2.92.